The topological polar surface area (TPSA) is 37.3 Å². The molecule has 0 aliphatic rings. The zero-order valence-corrected chi connectivity index (χ0v) is 18.8. The smallest absolute Gasteiger partial charge is 0.362 e. The second-order valence-corrected chi connectivity index (χ2v) is 9.32. The number of carbonyl (C=O) groups is 1. The van der Waals surface area contributed by atoms with Crippen LogP contribution in [0.5, 0.6) is 0 Å². The molecule has 28 heavy (non-hydrogen) atoms. The van der Waals surface area contributed by atoms with Crippen LogP contribution < -0.4 is 0 Å². The number of quaternary nitrogens is 1. The second-order valence-electron chi connectivity index (χ2n) is 9.32. The van der Waals surface area contributed by atoms with Crippen molar-refractivity contribution in [3.05, 3.63) is 35.9 Å². The first-order valence-electron chi connectivity index (χ1n) is 11.4. The van der Waals surface area contributed by atoms with Gasteiger partial charge in [0.2, 0.25) is 0 Å². The summed E-state index contributed by atoms with van der Waals surface area (Å²) in [5, 5.41) is 9.90. The Morgan fingerprint density at radius 2 is 1.36 bits per heavy atom. The van der Waals surface area contributed by atoms with Gasteiger partial charge in [0.15, 0.2) is 6.04 Å². The van der Waals surface area contributed by atoms with Gasteiger partial charge < -0.3 is 9.59 Å². The summed E-state index contributed by atoms with van der Waals surface area (Å²) in [6.45, 7) is 2.26. The van der Waals surface area contributed by atoms with Crippen molar-refractivity contribution in [3.8, 4) is 0 Å². The largest absolute Gasteiger partial charge is 0.477 e. The second kappa shape index (κ2) is 13.8. The lowest BCUT2D eigenvalue weighted by Crippen LogP contribution is -2.54. The van der Waals surface area contributed by atoms with E-state index in [1.165, 1.54) is 63.4 Å². The Morgan fingerprint density at radius 3 is 1.82 bits per heavy atom. The number of benzene rings is 1. The Bertz CT molecular complexity index is 521. The fourth-order valence-corrected chi connectivity index (χ4v) is 4.35. The number of hydrogen-bond donors (Lipinski definition) is 1. The molecular weight excluding hydrogens is 346 g/mol. The maximum absolute atomic E-state index is 12.0. The monoisotopic (exact) mass is 390 g/mol. The molecule has 1 N–H and O–H groups in total. The Kier molecular flexibility index (Phi) is 12.1. The molecule has 0 aromatic heterocycles. The summed E-state index contributed by atoms with van der Waals surface area (Å²) in [5.41, 5.74) is 1.25. The number of likely N-dealkylation sites (N-methyl/N-ethyl adjacent to an activating group) is 1. The molecule has 0 spiro atoms. The SMILES string of the molecule is CCCCCCCCCCCCC(Cc1ccccc1)C(C(=O)O)[N+](C)(C)C. The van der Waals surface area contributed by atoms with Gasteiger partial charge in [-0.25, -0.2) is 4.79 Å². The molecule has 0 heterocycles. The standard InChI is InChI=1S/C25H43NO2/c1-5-6-7-8-9-10-11-12-13-17-20-23(21-22-18-15-14-16-19-22)24(25(27)28)26(2,3)4/h14-16,18-19,23-24H,5-13,17,20-21H2,1-4H3/p+1. The predicted octanol–water partition coefficient (Wildman–Crippen LogP) is 6.32. The molecule has 2 atom stereocenters. The van der Waals surface area contributed by atoms with Crippen molar-refractivity contribution < 1.29 is 14.4 Å². The summed E-state index contributed by atoms with van der Waals surface area (Å²) in [6.07, 6.45) is 15.0. The predicted molar refractivity (Wildman–Crippen MR) is 120 cm³/mol. The molecule has 0 bridgehead atoms. The molecule has 3 nitrogen and oxygen atoms in total. The minimum Gasteiger partial charge on any atom is -0.477 e. The maximum atomic E-state index is 12.0. The Hall–Kier alpha value is -1.35. The van der Waals surface area contributed by atoms with E-state index in [-0.39, 0.29) is 12.0 Å². The highest BCUT2D eigenvalue weighted by Crippen LogP contribution is 2.25. The Balaban J connectivity index is 2.47. The van der Waals surface area contributed by atoms with E-state index in [2.05, 4.69) is 31.2 Å². The highest BCUT2D eigenvalue weighted by Gasteiger charge is 2.38. The fraction of sp³-hybridized carbons (Fsp3) is 0.720. The van der Waals surface area contributed by atoms with E-state index in [0.29, 0.717) is 4.48 Å². The van der Waals surface area contributed by atoms with Crippen LogP contribution in [0.15, 0.2) is 30.3 Å². The van der Waals surface area contributed by atoms with Gasteiger partial charge in [-0.3, -0.25) is 0 Å². The van der Waals surface area contributed by atoms with Gasteiger partial charge in [-0.15, -0.1) is 0 Å². The van der Waals surface area contributed by atoms with Crippen molar-refractivity contribution in [1.29, 1.82) is 0 Å². The van der Waals surface area contributed by atoms with Crippen LogP contribution in [0, 0.1) is 5.92 Å². The van der Waals surface area contributed by atoms with Crippen LogP contribution in [0.25, 0.3) is 0 Å². The van der Waals surface area contributed by atoms with Crippen molar-refractivity contribution >= 4 is 5.97 Å². The van der Waals surface area contributed by atoms with Crippen molar-refractivity contribution in [2.24, 2.45) is 5.92 Å². The number of rotatable bonds is 16. The third-order valence-electron chi connectivity index (χ3n) is 5.80. The molecule has 1 aromatic rings. The lowest BCUT2D eigenvalue weighted by Gasteiger charge is -2.36. The van der Waals surface area contributed by atoms with Gasteiger partial charge in [0, 0.05) is 5.92 Å². The molecule has 2 unspecified atom stereocenters. The van der Waals surface area contributed by atoms with E-state index < -0.39 is 5.97 Å². The third kappa shape index (κ3) is 10.3. The van der Waals surface area contributed by atoms with Crippen LogP contribution in [0.4, 0.5) is 0 Å². The lowest BCUT2D eigenvalue weighted by molar-refractivity contribution is -0.891. The molecule has 0 fully saturated rings. The van der Waals surface area contributed by atoms with Gasteiger partial charge in [0.1, 0.15) is 0 Å². The van der Waals surface area contributed by atoms with Gasteiger partial charge in [-0.1, -0.05) is 101 Å². The van der Waals surface area contributed by atoms with Crippen molar-refractivity contribution in [2.75, 3.05) is 21.1 Å². The fourth-order valence-electron chi connectivity index (χ4n) is 4.35. The summed E-state index contributed by atoms with van der Waals surface area (Å²) in [6, 6.07) is 10.0. The third-order valence-corrected chi connectivity index (χ3v) is 5.80. The van der Waals surface area contributed by atoms with Gasteiger partial charge in [-0.05, 0) is 18.4 Å². The average molecular weight is 391 g/mol. The lowest BCUT2D eigenvalue weighted by atomic mass is 9.86. The zero-order chi connectivity index (χ0) is 20.8. The first-order chi connectivity index (χ1) is 13.4. The molecule has 1 aromatic carbocycles. The Labute approximate surface area is 173 Å². The highest BCUT2D eigenvalue weighted by atomic mass is 16.4. The van der Waals surface area contributed by atoms with Crippen LogP contribution in [0.1, 0.15) is 83.1 Å². The molecule has 0 radical (unpaired) electrons. The normalized spacial score (nSPS) is 14.0. The van der Waals surface area contributed by atoms with Crippen LogP contribution in [-0.4, -0.2) is 42.7 Å². The van der Waals surface area contributed by atoms with E-state index in [0.717, 1.165) is 19.3 Å². The number of unbranched alkanes of at least 4 members (excludes halogenated alkanes) is 9. The van der Waals surface area contributed by atoms with Gasteiger partial charge in [-0.2, -0.15) is 0 Å². The minimum absolute atomic E-state index is 0.175. The van der Waals surface area contributed by atoms with E-state index in [1.807, 2.05) is 27.2 Å². The maximum Gasteiger partial charge on any atom is 0.362 e. The van der Waals surface area contributed by atoms with Gasteiger partial charge >= 0.3 is 5.97 Å². The molecule has 0 saturated carbocycles. The first-order valence-corrected chi connectivity index (χ1v) is 11.4. The number of aliphatic carboxylic acids is 1. The number of carboxylic acid groups (broad SMARTS) is 1. The molecule has 0 aliphatic heterocycles. The van der Waals surface area contributed by atoms with E-state index in [1.54, 1.807) is 0 Å². The molecule has 160 valence electrons. The number of hydrogen-bond acceptors (Lipinski definition) is 1. The van der Waals surface area contributed by atoms with Crippen molar-refractivity contribution in [1.82, 2.24) is 0 Å². The summed E-state index contributed by atoms with van der Waals surface area (Å²) in [7, 11) is 6.03. The van der Waals surface area contributed by atoms with Crippen LogP contribution >= 0.6 is 0 Å². The van der Waals surface area contributed by atoms with Crippen molar-refractivity contribution in [3.63, 3.8) is 0 Å². The molecule has 0 saturated heterocycles. The molecular formula is C25H44NO2+. The van der Waals surface area contributed by atoms with E-state index >= 15 is 0 Å². The van der Waals surface area contributed by atoms with E-state index in [4.69, 9.17) is 0 Å². The summed E-state index contributed by atoms with van der Waals surface area (Å²) in [4.78, 5) is 12.0. The Morgan fingerprint density at radius 1 is 0.857 bits per heavy atom. The number of carboxylic acids is 1. The number of nitrogens with zero attached hydrogens (tertiary/aromatic N) is 1. The quantitative estimate of drug-likeness (QED) is 0.265. The minimum atomic E-state index is -0.666. The van der Waals surface area contributed by atoms with Crippen molar-refractivity contribution in [2.45, 2.75) is 90.0 Å². The average Bonchev–Trinajstić information content (AvgIpc) is 2.62. The highest BCUT2D eigenvalue weighted by molar-refractivity contribution is 5.72. The molecule has 1 rings (SSSR count). The first kappa shape index (κ1) is 24.7. The van der Waals surface area contributed by atoms with Gasteiger partial charge in [0.25, 0.3) is 0 Å². The molecule has 0 amide bonds. The van der Waals surface area contributed by atoms with Gasteiger partial charge in [0.05, 0.1) is 21.1 Å². The van der Waals surface area contributed by atoms with Crippen LogP contribution in [-0.2, 0) is 11.2 Å². The van der Waals surface area contributed by atoms with E-state index in [9.17, 15) is 9.90 Å². The van der Waals surface area contributed by atoms with Crippen LogP contribution in [0.3, 0.4) is 0 Å². The summed E-state index contributed by atoms with van der Waals surface area (Å²) >= 11 is 0. The molecule has 3 heteroatoms. The summed E-state index contributed by atoms with van der Waals surface area (Å²) < 4.78 is 0.477. The zero-order valence-electron chi connectivity index (χ0n) is 18.8. The summed E-state index contributed by atoms with van der Waals surface area (Å²) in [5.74, 6) is -0.491. The molecule has 0 aliphatic carbocycles. The van der Waals surface area contributed by atoms with Crippen LogP contribution in [0.2, 0.25) is 0 Å².